The van der Waals surface area contributed by atoms with E-state index in [0.717, 1.165) is 59.4 Å². The summed E-state index contributed by atoms with van der Waals surface area (Å²) in [6.45, 7) is 1.08. The molecule has 1 aliphatic carbocycles. The van der Waals surface area contributed by atoms with Crippen molar-refractivity contribution in [1.82, 2.24) is 19.6 Å². The number of urea groups is 1. The minimum Gasteiger partial charge on any atom is -0.319 e. The number of rotatable bonds is 3. The number of aryl methyl sites for hydroxylation is 2. The van der Waals surface area contributed by atoms with Crippen LogP contribution >= 0.6 is 11.3 Å². The van der Waals surface area contributed by atoms with Gasteiger partial charge in [-0.25, -0.2) is 18.6 Å². The average Bonchev–Trinajstić information content (AvgIpc) is 3.21. The number of nitrogens with one attached hydrogen (secondary N) is 1. The quantitative estimate of drug-likeness (QED) is 0.630. The molecule has 160 valence electrons. The Kier molecular flexibility index (Phi) is 4.44. The second-order valence-electron chi connectivity index (χ2n) is 7.95. The number of aromatic nitrogens is 2. The van der Waals surface area contributed by atoms with Gasteiger partial charge in [0.15, 0.2) is 4.96 Å². The fraction of sp³-hybridized carbons (Fsp3) is 0.333. The third kappa shape index (κ3) is 3.04. The van der Waals surface area contributed by atoms with Gasteiger partial charge in [-0.3, -0.25) is 18.9 Å². The Bertz CT molecular complexity index is 1320. The summed E-state index contributed by atoms with van der Waals surface area (Å²) in [6, 6.07) is 3.29. The van der Waals surface area contributed by atoms with Crippen LogP contribution in [0.5, 0.6) is 0 Å². The van der Waals surface area contributed by atoms with E-state index in [0.29, 0.717) is 4.96 Å². The molecule has 7 nitrogen and oxygen atoms in total. The van der Waals surface area contributed by atoms with Gasteiger partial charge in [0.05, 0.1) is 12.2 Å². The molecule has 1 unspecified atom stereocenters. The number of carbonyl (C=O) groups is 2. The highest BCUT2D eigenvalue weighted by Crippen LogP contribution is 2.32. The molecule has 3 amide bonds. The van der Waals surface area contributed by atoms with Crippen LogP contribution in [0.15, 0.2) is 29.1 Å². The van der Waals surface area contributed by atoms with E-state index in [2.05, 4.69) is 10.3 Å². The van der Waals surface area contributed by atoms with Crippen molar-refractivity contribution in [3.63, 3.8) is 0 Å². The highest BCUT2D eigenvalue weighted by Gasteiger charge is 2.50. The van der Waals surface area contributed by atoms with Crippen LogP contribution in [0.4, 0.5) is 13.6 Å². The number of amides is 3. The summed E-state index contributed by atoms with van der Waals surface area (Å²) >= 11 is 1.44. The van der Waals surface area contributed by atoms with E-state index in [1.54, 1.807) is 4.40 Å². The van der Waals surface area contributed by atoms with Gasteiger partial charge in [0.1, 0.15) is 17.2 Å². The van der Waals surface area contributed by atoms with Crippen LogP contribution in [0, 0.1) is 11.6 Å². The molecule has 2 aliphatic rings. The summed E-state index contributed by atoms with van der Waals surface area (Å²) in [6.07, 6.45) is 3.81. The summed E-state index contributed by atoms with van der Waals surface area (Å²) in [5.74, 6) is -2.27. The summed E-state index contributed by atoms with van der Waals surface area (Å²) in [4.78, 5) is 45.4. The zero-order valence-corrected chi connectivity index (χ0v) is 17.4. The molecular formula is C21H18F2N4O3S. The number of carbonyl (C=O) groups excluding carboxylic acids is 2. The van der Waals surface area contributed by atoms with Crippen molar-refractivity contribution in [2.45, 2.75) is 44.7 Å². The van der Waals surface area contributed by atoms with Gasteiger partial charge in [-0.05, 0) is 50.8 Å². The van der Waals surface area contributed by atoms with Crippen LogP contribution in [-0.2, 0) is 29.7 Å². The monoisotopic (exact) mass is 444 g/mol. The van der Waals surface area contributed by atoms with E-state index >= 15 is 0 Å². The first kappa shape index (κ1) is 19.8. The number of halogens is 2. The third-order valence-electron chi connectivity index (χ3n) is 5.88. The van der Waals surface area contributed by atoms with E-state index in [4.69, 9.17) is 0 Å². The average molecular weight is 444 g/mol. The maximum atomic E-state index is 14.3. The minimum absolute atomic E-state index is 0.245. The summed E-state index contributed by atoms with van der Waals surface area (Å²) < 4.78 is 29.6. The zero-order valence-electron chi connectivity index (χ0n) is 16.6. The molecule has 2 aromatic heterocycles. The standard InChI is InChI=1S/C21H18F2N4O3S/c1-21(13-8-11(22)6-7-14(13)23)18(29)26(19(30)25-21)10-12-9-17(28)27-15-4-2-3-5-16(15)31-20(27)24-12/h6-9H,2-5,10H2,1H3,(H,25,30). The maximum absolute atomic E-state index is 14.3. The molecule has 1 saturated heterocycles. The van der Waals surface area contributed by atoms with Crippen molar-refractivity contribution in [3.8, 4) is 0 Å². The second kappa shape index (κ2) is 6.94. The summed E-state index contributed by atoms with van der Waals surface area (Å²) in [5, 5.41) is 2.45. The smallest absolute Gasteiger partial charge is 0.319 e. The molecule has 0 radical (unpaired) electrons. The lowest BCUT2D eigenvalue weighted by atomic mass is 9.91. The second-order valence-corrected chi connectivity index (χ2v) is 9.02. The van der Waals surface area contributed by atoms with E-state index in [1.807, 2.05) is 0 Å². The fourth-order valence-electron chi connectivity index (χ4n) is 4.29. The van der Waals surface area contributed by atoms with Crippen LogP contribution in [0.25, 0.3) is 4.96 Å². The van der Waals surface area contributed by atoms with E-state index in [1.165, 1.54) is 24.3 Å². The Hall–Kier alpha value is -3.14. The number of thiazole rings is 1. The molecule has 1 N–H and O–H groups in total. The number of benzene rings is 1. The van der Waals surface area contributed by atoms with Crippen LogP contribution < -0.4 is 10.9 Å². The molecule has 3 aromatic rings. The van der Waals surface area contributed by atoms with Gasteiger partial charge in [-0.1, -0.05) is 0 Å². The molecule has 0 spiro atoms. The van der Waals surface area contributed by atoms with Gasteiger partial charge in [-0.15, -0.1) is 11.3 Å². The van der Waals surface area contributed by atoms with Crippen molar-refractivity contribution in [1.29, 1.82) is 0 Å². The first-order valence-corrected chi connectivity index (χ1v) is 10.7. The number of nitrogens with zero attached hydrogens (tertiary/aromatic N) is 3. The van der Waals surface area contributed by atoms with Crippen molar-refractivity contribution in [3.05, 3.63) is 68.1 Å². The number of hydrogen-bond donors (Lipinski definition) is 1. The molecule has 5 rings (SSSR count). The highest BCUT2D eigenvalue weighted by atomic mass is 32.1. The Morgan fingerprint density at radius 3 is 2.74 bits per heavy atom. The lowest BCUT2D eigenvalue weighted by Crippen LogP contribution is -2.41. The molecule has 1 aromatic carbocycles. The molecule has 3 heterocycles. The topological polar surface area (TPSA) is 83.8 Å². The molecular weight excluding hydrogens is 426 g/mol. The highest BCUT2D eigenvalue weighted by molar-refractivity contribution is 7.17. The van der Waals surface area contributed by atoms with Crippen molar-refractivity contribution in [2.24, 2.45) is 0 Å². The summed E-state index contributed by atoms with van der Waals surface area (Å²) in [5.41, 5.74) is -1.03. The van der Waals surface area contributed by atoms with E-state index < -0.39 is 29.1 Å². The van der Waals surface area contributed by atoms with Crippen molar-refractivity contribution < 1.29 is 18.4 Å². The lowest BCUT2D eigenvalue weighted by Gasteiger charge is -2.22. The lowest BCUT2D eigenvalue weighted by molar-refractivity contribution is -0.131. The van der Waals surface area contributed by atoms with Gasteiger partial charge >= 0.3 is 6.03 Å². The Morgan fingerprint density at radius 1 is 1.16 bits per heavy atom. The fourth-order valence-corrected chi connectivity index (χ4v) is 5.52. The van der Waals surface area contributed by atoms with Crippen LogP contribution in [0.1, 0.15) is 41.6 Å². The molecule has 0 bridgehead atoms. The Balaban J connectivity index is 1.50. The first-order valence-electron chi connectivity index (χ1n) is 9.91. The molecule has 1 atom stereocenters. The number of imide groups is 1. The van der Waals surface area contributed by atoms with Gasteiger partial charge in [0.25, 0.3) is 11.5 Å². The molecule has 1 aliphatic heterocycles. The third-order valence-corrected chi connectivity index (χ3v) is 7.02. The number of fused-ring (bicyclic) bond motifs is 3. The Labute approximate surface area is 179 Å². The Morgan fingerprint density at radius 2 is 1.94 bits per heavy atom. The normalized spacial score (nSPS) is 20.9. The molecule has 1 fully saturated rings. The van der Waals surface area contributed by atoms with Crippen molar-refractivity contribution in [2.75, 3.05) is 0 Å². The van der Waals surface area contributed by atoms with Crippen molar-refractivity contribution >= 4 is 28.2 Å². The molecule has 0 saturated carbocycles. The zero-order chi connectivity index (χ0) is 21.9. The van der Waals surface area contributed by atoms with Crippen LogP contribution in [-0.4, -0.2) is 26.2 Å². The molecule has 10 heteroatoms. The maximum Gasteiger partial charge on any atom is 0.325 e. The SMILES string of the molecule is CC1(c2cc(F)ccc2F)NC(=O)N(Cc2cc(=O)n3c4c(sc3n2)CCCC4)C1=O. The van der Waals surface area contributed by atoms with Gasteiger partial charge in [-0.2, -0.15) is 0 Å². The van der Waals surface area contributed by atoms with Gasteiger partial charge < -0.3 is 5.32 Å². The van der Waals surface area contributed by atoms with Gasteiger partial charge in [0, 0.05) is 22.2 Å². The van der Waals surface area contributed by atoms with Crippen LogP contribution in [0.2, 0.25) is 0 Å². The summed E-state index contributed by atoms with van der Waals surface area (Å²) in [7, 11) is 0. The predicted molar refractivity (Wildman–Crippen MR) is 109 cm³/mol. The van der Waals surface area contributed by atoms with Crippen LogP contribution in [0.3, 0.4) is 0 Å². The largest absolute Gasteiger partial charge is 0.325 e. The molecule has 31 heavy (non-hydrogen) atoms. The van der Waals surface area contributed by atoms with Gasteiger partial charge in [0.2, 0.25) is 0 Å². The van der Waals surface area contributed by atoms with E-state index in [-0.39, 0.29) is 23.4 Å². The van der Waals surface area contributed by atoms with E-state index in [9.17, 15) is 23.2 Å². The number of hydrogen-bond acceptors (Lipinski definition) is 5. The first-order chi connectivity index (χ1) is 14.8. The minimum atomic E-state index is -1.76. The predicted octanol–water partition coefficient (Wildman–Crippen LogP) is 2.88.